The number of rotatable bonds is 6. The van der Waals surface area contributed by atoms with Crippen LogP contribution in [0.3, 0.4) is 0 Å². The first-order chi connectivity index (χ1) is 14.7. The molecule has 4 aliphatic rings. The predicted molar refractivity (Wildman–Crippen MR) is 115 cm³/mol. The Bertz CT molecular complexity index is 930. The molecule has 30 heavy (non-hydrogen) atoms. The van der Waals surface area contributed by atoms with Crippen LogP contribution in [0.4, 0.5) is 0 Å². The second-order valence-corrected chi connectivity index (χ2v) is 9.21. The molecule has 4 aliphatic carbocycles. The second-order valence-electron chi connectivity index (χ2n) is 9.21. The molecule has 156 valence electrons. The van der Waals surface area contributed by atoms with Crippen molar-refractivity contribution in [2.45, 2.75) is 44.6 Å². The van der Waals surface area contributed by atoms with Crippen molar-refractivity contribution in [1.29, 1.82) is 5.26 Å². The van der Waals surface area contributed by atoms with E-state index in [0.29, 0.717) is 36.2 Å². The average Bonchev–Trinajstić information content (AvgIpc) is 3.10. The van der Waals surface area contributed by atoms with E-state index in [4.69, 9.17) is 9.73 Å². The lowest BCUT2D eigenvalue weighted by molar-refractivity contribution is 0.00121. The number of aliphatic imine (C=N–C) groups is 1. The maximum atomic E-state index is 9.39. The van der Waals surface area contributed by atoms with Gasteiger partial charge in [-0.05, 0) is 61.3 Å². The first-order valence-electron chi connectivity index (χ1n) is 11.1. The minimum atomic E-state index is 0.311. The van der Waals surface area contributed by atoms with Gasteiger partial charge in [0, 0.05) is 13.5 Å². The van der Waals surface area contributed by atoms with E-state index in [-0.39, 0.29) is 0 Å². The summed E-state index contributed by atoms with van der Waals surface area (Å²) in [6, 6.07) is 10.6. The van der Waals surface area contributed by atoms with Crippen molar-refractivity contribution in [3.8, 4) is 12.1 Å². The van der Waals surface area contributed by atoms with Gasteiger partial charge in [-0.15, -0.1) is 0 Å². The van der Waals surface area contributed by atoms with Crippen LogP contribution in [-0.4, -0.2) is 28.3 Å². The van der Waals surface area contributed by atoms with Crippen molar-refractivity contribution in [3.05, 3.63) is 47.7 Å². The van der Waals surface area contributed by atoms with Gasteiger partial charge in [-0.3, -0.25) is 10.3 Å². The Labute approximate surface area is 178 Å². The fraction of sp³-hybridized carbons (Fsp3) is 0.542. The summed E-state index contributed by atoms with van der Waals surface area (Å²) in [7, 11) is 1.87. The highest BCUT2D eigenvalue weighted by Gasteiger charge is 2.48. The number of hydrogen-bond acceptors (Lipinski definition) is 4. The molecule has 2 aromatic rings. The molecule has 1 aromatic heterocycles. The van der Waals surface area contributed by atoms with Gasteiger partial charge in [-0.2, -0.15) is 10.4 Å². The van der Waals surface area contributed by atoms with E-state index in [1.807, 2.05) is 25.2 Å². The summed E-state index contributed by atoms with van der Waals surface area (Å²) in [4.78, 5) is 5.13. The minimum Gasteiger partial charge on any atom is -0.477 e. The third kappa shape index (κ3) is 3.69. The van der Waals surface area contributed by atoms with Crippen molar-refractivity contribution in [1.82, 2.24) is 15.1 Å². The highest BCUT2D eigenvalue weighted by Crippen LogP contribution is 2.54. The molecule has 0 aliphatic heterocycles. The molecule has 0 unspecified atom stereocenters. The van der Waals surface area contributed by atoms with Crippen LogP contribution in [-0.2, 0) is 13.5 Å². The van der Waals surface area contributed by atoms with E-state index in [1.54, 1.807) is 10.9 Å². The van der Waals surface area contributed by atoms with Crippen molar-refractivity contribution in [3.63, 3.8) is 0 Å². The quantitative estimate of drug-likeness (QED) is 0.345. The number of amidine groups is 1. The number of nitrogens with zero attached hydrogens (tertiary/aromatic N) is 4. The predicted octanol–water partition coefficient (Wildman–Crippen LogP) is 3.68. The minimum absolute atomic E-state index is 0.311. The molecule has 4 saturated carbocycles. The molecular formula is C24H29N5O. The summed E-state index contributed by atoms with van der Waals surface area (Å²) < 4.78 is 7.84. The van der Waals surface area contributed by atoms with Crippen molar-refractivity contribution < 1.29 is 4.74 Å². The van der Waals surface area contributed by atoms with E-state index in [2.05, 4.69) is 28.7 Å². The van der Waals surface area contributed by atoms with Crippen LogP contribution in [0, 0.1) is 35.1 Å². The van der Waals surface area contributed by atoms with Gasteiger partial charge in [-0.25, -0.2) is 4.68 Å². The largest absolute Gasteiger partial charge is 0.477 e. The van der Waals surface area contributed by atoms with E-state index < -0.39 is 0 Å². The summed E-state index contributed by atoms with van der Waals surface area (Å²) in [5, 5.41) is 16.6. The lowest BCUT2D eigenvalue weighted by Gasteiger charge is -2.53. The first kappa shape index (κ1) is 19.2. The van der Waals surface area contributed by atoms with Gasteiger partial charge < -0.3 is 4.74 Å². The Morgan fingerprint density at radius 3 is 2.53 bits per heavy atom. The van der Waals surface area contributed by atoms with Gasteiger partial charge in [0.2, 0.25) is 5.88 Å². The third-order valence-electron chi connectivity index (χ3n) is 7.24. The van der Waals surface area contributed by atoms with Gasteiger partial charge >= 0.3 is 0 Å². The number of aromatic nitrogens is 2. The van der Waals surface area contributed by atoms with Gasteiger partial charge in [-0.1, -0.05) is 30.3 Å². The van der Waals surface area contributed by atoms with Crippen LogP contribution in [0.5, 0.6) is 5.88 Å². The van der Waals surface area contributed by atoms with Gasteiger partial charge in [0.15, 0.2) is 6.19 Å². The Morgan fingerprint density at radius 2 is 1.87 bits per heavy atom. The van der Waals surface area contributed by atoms with Gasteiger partial charge in [0.25, 0.3) is 0 Å². The second kappa shape index (κ2) is 8.14. The SMILES string of the molecule is Cn1ncc(C(=NC2C3CC4CC(C3)CC2C4)NC#N)c1OCCc1ccccc1. The Morgan fingerprint density at radius 1 is 1.17 bits per heavy atom. The molecule has 4 bridgehead atoms. The number of nitrogens with one attached hydrogen (secondary N) is 1. The number of benzene rings is 1. The molecule has 0 atom stereocenters. The van der Waals surface area contributed by atoms with Gasteiger partial charge in [0.05, 0.1) is 24.4 Å². The summed E-state index contributed by atoms with van der Waals surface area (Å²) in [5.74, 6) is 4.41. The molecule has 1 N–H and O–H groups in total. The average molecular weight is 404 g/mol. The molecule has 4 fully saturated rings. The topological polar surface area (TPSA) is 75.2 Å². The maximum absolute atomic E-state index is 9.39. The third-order valence-corrected chi connectivity index (χ3v) is 7.24. The molecule has 0 saturated heterocycles. The summed E-state index contributed by atoms with van der Waals surface area (Å²) in [6.45, 7) is 0.550. The van der Waals surface area contributed by atoms with Gasteiger partial charge in [0.1, 0.15) is 5.84 Å². The van der Waals surface area contributed by atoms with Crippen LogP contribution in [0.2, 0.25) is 0 Å². The molecule has 1 heterocycles. The van der Waals surface area contributed by atoms with Crippen molar-refractivity contribution in [2.24, 2.45) is 35.7 Å². The van der Waals surface area contributed by atoms with E-state index in [1.165, 1.54) is 37.7 Å². The number of hydrogen-bond donors (Lipinski definition) is 1. The summed E-state index contributed by atoms with van der Waals surface area (Å²) >= 11 is 0. The van der Waals surface area contributed by atoms with Crippen LogP contribution < -0.4 is 10.1 Å². The van der Waals surface area contributed by atoms with Crippen molar-refractivity contribution in [2.75, 3.05) is 6.61 Å². The molecule has 0 radical (unpaired) electrons. The fourth-order valence-corrected chi connectivity index (χ4v) is 6.15. The van der Waals surface area contributed by atoms with Crippen LogP contribution in [0.1, 0.15) is 43.2 Å². The summed E-state index contributed by atoms with van der Waals surface area (Å²) in [5.41, 5.74) is 2.01. The normalized spacial score (nSPS) is 29.6. The molecule has 1 aromatic carbocycles. The highest BCUT2D eigenvalue weighted by molar-refractivity contribution is 6.01. The standard InChI is InChI=1S/C24H29N5O/c1-29-24(30-8-7-16-5-3-2-4-6-16)21(14-27-29)23(26-15-25)28-22-19-10-17-9-18(12-19)13-20(22)11-17/h2-6,14,17-20,22H,7-13H2,1H3,(H,26,28). The van der Waals surface area contributed by atoms with Crippen LogP contribution in [0.25, 0.3) is 0 Å². The number of aryl methyl sites for hydroxylation is 1. The van der Waals surface area contributed by atoms with Crippen molar-refractivity contribution >= 4 is 5.84 Å². The lowest BCUT2D eigenvalue weighted by Crippen LogP contribution is -2.48. The molecule has 6 nitrogen and oxygen atoms in total. The molecule has 6 rings (SSSR count). The number of nitriles is 1. The van der Waals surface area contributed by atoms with E-state index in [9.17, 15) is 5.26 Å². The Hall–Kier alpha value is -2.81. The maximum Gasteiger partial charge on any atom is 0.222 e. The monoisotopic (exact) mass is 403 g/mol. The van der Waals surface area contributed by atoms with E-state index >= 15 is 0 Å². The lowest BCUT2D eigenvalue weighted by atomic mass is 9.54. The van der Waals surface area contributed by atoms with Crippen LogP contribution >= 0.6 is 0 Å². The zero-order chi connectivity index (χ0) is 20.5. The Balaban J connectivity index is 1.36. The molecule has 6 heteroatoms. The molecule has 0 amide bonds. The smallest absolute Gasteiger partial charge is 0.222 e. The summed E-state index contributed by atoms with van der Waals surface area (Å²) in [6.07, 6.45) is 11.3. The fourth-order valence-electron chi connectivity index (χ4n) is 6.15. The zero-order valence-corrected chi connectivity index (χ0v) is 17.5. The Kier molecular flexibility index (Phi) is 5.20. The first-order valence-corrected chi connectivity index (χ1v) is 11.1. The molecular weight excluding hydrogens is 374 g/mol. The van der Waals surface area contributed by atoms with Crippen LogP contribution in [0.15, 0.2) is 41.5 Å². The zero-order valence-electron chi connectivity index (χ0n) is 17.5. The van der Waals surface area contributed by atoms with E-state index in [0.717, 1.165) is 23.8 Å². The molecule has 0 spiro atoms. The highest BCUT2D eigenvalue weighted by atomic mass is 16.5. The number of ether oxygens (including phenoxy) is 1.